The maximum atomic E-state index is 13.8. The molecule has 4 aliphatic rings. The number of fused-ring (bicyclic) bond motifs is 3. The Kier molecular flexibility index (Phi) is 5.54. The monoisotopic (exact) mass is 500 g/mol. The van der Waals surface area contributed by atoms with E-state index < -0.39 is 58.0 Å². The number of carbonyl (C=O) groups excluding carboxylic acids is 3. The van der Waals surface area contributed by atoms with Crippen molar-refractivity contribution in [3.05, 3.63) is 45.7 Å². The predicted molar refractivity (Wildman–Crippen MR) is 129 cm³/mol. The number of benzene rings is 1. The second-order valence-corrected chi connectivity index (χ2v) is 11.2. The number of aliphatic hydroxyl groups excluding tert-OH is 2. The summed E-state index contributed by atoms with van der Waals surface area (Å²) in [5.41, 5.74) is 3.75. The topological polar surface area (TPSA) is 161 Å². The van der Waals surface area contributed by atoms with E-state index in [1.54, 1.807) is 14.1 Å². The summed E-state index contributed by atoms with van der Waals surface area (Å²) in [5.74, 6) is -4.09. The van der Waals surface area contributed by atoms with Crippen LogP contribution in [0.2, 0.25) is 0 Å². The van der Waals surface area contributed by atoms with Gasteiger partial charge in [-0.2, -0.15) is 11.8 Å². The molecule has 10 heteroatoms. The molecule has 35 heavy (non-hydrogen) atoms. The maximum absolute atomic E-state index is 13.8. The highest BCUT2D eigenvalue weighted by Gasteiger charge is 2.64. The van der Waals surface area contributed by atoms with Gasteiger partial charge in [0.1, 0.15) is 22.8 Å². The minimum atomic E-state index is -2.61. The summed E-state index contributed by atoms with van der Waals surface area (Å²) in [6.07, 6.45) is 1.40. The van der Waals surface area contributed by atoms with Gasteiger partial charge in [-0.1, -0.05) is 6.07 Å². The molecule has 1 heterocycles. The van der Waals surface area contributed by atoms with Crippen LogP contribution >= 0.6 is 11.8 Å². The molecule has 0 bridgehead atoms. The van der Waals surface area contributed by atoms with E-state index in [1.165, 1.54) is 11.0 Å². The number of primary amides is 1. The number of ketones is 2. The van der Waals surface area contributed by atoms with Crippen LogP contribution in [-0.4, -0.2) is 80.0 Å². The number of aromatic hydroxyl groups is 1. The lowest BCUT2D eigenvalue weighted by molar-refractivity contribution is -0.153. The number of nitrogens with two attached hydrogens (primary N) is 1. The number of phenols is 1. The number of nitrogens with zero attached hydrogens (tertiary/aromatic N) is 1. The second-order valence-electron chi connectivity index (χ2n) is 10.0. The number of hydrogen-bond acceptors (Lipinski definition) is 9. The molecule has 186 valence electrons. The van der Waals surface area contributed by atoms with Crippen LogP contribution in [0.15, 0.2) is 29.0 Å². The average Bonchev–Trinajstić information content (AvgIpc) is 3.30. The molecule has 1 aromatic rings. The lowest BCUT2D eigenvalue weighted by Crippen LogP contribution is -2.65. The molecule has 1 saturated heterocycles. The van der Waals surface area contributed by atoms with Gasteiger partial charge in [0, 0.05) is 17.2 Å². The van der Waals surface area contributed by atoms with Crippen LogP contribution in [0.25, 0.3) is 5.76 Å². The lowest BCUT2D eigenvalue weighted by Gasteiger charge is -2.50. The van der Waals surface area contributed by atoms with Gasteiger partial charge in [0.15, 0.2) is 11.4 Å². The Morgan fingerprint density at radius 1 is 1.17 bits per heavy atom. The van der Waals surface area contributed by atoms with Gasteiger partial charge in [-0.05, 0) is 68.1 Å². The number of likely N-dealkylation sites (N-methyl/N-ethyl adjacent to an activating group) is 1. The van der Waals surface area contributed by atoms with Crippen LogP contribution in [0.5, 0.6) is 5.75 Å². The number of phenolic OH excluding ortho intramolecular Hbond substituents is 1. The molecule has 1 aromatic carbocycles. The van der Waals surface area contributed by atoms with E-state index in [9.17, 15) is 34.8 Å². The molecule has 5 unspecified atom stereocenters. The highest BCUT2D eigenvalue weighted by molar-refractivity contribution is 7.99. The van der Waals surface area contributed by atoms with Gasteiger partial charge in [-0.15, -0.1) is 0 Å². The van der Waals surface area contributed by atoms with Gasteiger partial charge in [-0.25, -0.2) is 0 Å². The first-order valence-electron chi connectivity index (χ1n) is 11.6. The molecule has 2 fully saturated rings. The Morgan fingerprint density at radius 3 is 2.49 bits per heavy atom. The van der Waals surface area contributed by atoms with E-state index in [1.807, 2.05) is 17.8 Å². The van der Waals surface area contributed by atoms with Crippen LogP contribution in [0.1, 0.15) is 35.4 Å². The minimum absolute atomic E-state index is 0.0975. The summed E-state index contributed by atoms with van der Waals surface area (Å²) >= 11 is 1.84. The zero-order valence-electron chi connectivity index (χ0n) is 19.4. The van der Waals surface area contributed by atoms with Crippen molar-refractivity contribution >= 4 is 35.0 Å². The van der Waals surface area contributed by atoms with Gasteiger partial charge >= 0.3 is 0 Å². The number of amides is 1. The fraction of sp³-hybridized carbons (Fsp3) is 0.480. The maximum Gasteiger partial charge on any atom is 0.255 e. The number of rotatable bonds is 3. The SMILES string of the molecule is CN(C)C1C(=O)C(C(N)=O)=C(O)C2(O)C(=O)C3=C(O)c4c(O)ccc(C5CCSC5)c4CC3CC12. The molecule has 5 atom stereocenters. The summed E-state index contributed by atoms with van der Waals surface area (Å²) in [6, 6.07) is 2.29. The van der Waals surface area contributed by atoms with Gasteiger partial charge in [0.05, 0.1) is 11.6 Å². The van der Waals surface area contributed by atoms with Gasteiger partial charge in [0.2, 0.25) is 5.78 Å². The molecule has 0 spiro atoms. The summed E-state index contributed by atoms with van der Waals surface area (Å²) in [5, 5.41) is 44.4. The van der Waals surface area contributed by atoms with Crippen molar-refractivity contribution in [3.8, 4) is 5.75 Å². The van der Waals surface area contributed by atoms with Gasteiger partial charge < -0.3 is 26.2 Å². The summed E-state index contributed by atoms with van der Waals surface area (Å²) in [4.78, 5) is 40.5. The number of hydrogen-bond donors (Lipinski definition) is 5. The number of Topliss-reactive ketones (excluding diaryl/α,β-unsaturated/α-hetero) is 2. The van der Waals surface area contributed by atoms with Gasteiger partial charge in [-0.3, -0.25) is 19.3 Å². The van der Waals surface area contributed by atoms with Crippen LogP contribution in [0.3, 0.4) is 0 Å². The fourth-order valence-electron chi connectivity index (χ4n) is 6.43. The van der Waals surface area contributed by atoms with Crippen molar-refractivity contribution in [1.29, 1.82) is 0 Å². The zero-order chi connectivity index (χ0) is 25.4. The Bertz CT molecular complexity index is 1230. The Labute approximate surface area is 206 Å². The van der Waals surface area contributed by atoms with Crippen LogP contribution in [-0.2, 0) is 20.8 Å². The number of carbonyl (C=O) groups is 3. The standard InChI is InChI=1S/C25H28N2O7S/c1-27(2)19-14-8-11-7-13-12(10-5-6-35-9-10)3-4-15(28)17(13)20(29)16(11)22(31)25(14,34)23(32)18(21(19)30)24(26)33/h3-4,10-11,14,19,28-29,32,34H,5-9H2,1-2H3,(H2,26,33). The second kappa shape index (κ2) is 8.11. The number of aliphatic hydroxyl groups is 3. The van der Waals surface area contributed by atoms with Crippen molar-refractivity contribution in [1.82, 2.24) is 4.90 Å². The lowest BCUT2D eigenvalue weighted by atomic mass is 9.57. The third kappa shape index (κ3) is 3.19. The zero-order valence-corrected chi connectivity index (χ0v) is 20.3. The number of thioether (sulfide) groups is 1. The Hall–Kier alpha value is -2.82. The van der Waals surface area contributed by atoms with E-state index in [0.717, 1.165) is 29.1 Å². The quantitative estimate of drug-likeness (QED) is 0.384. The summed E-state index contributed by atoms with van der Waals surface area (Å²) < 4.78 is 0. The molecule has 6 N–H and O–H groups in total. The molecule has 0 aromatic heterocycles. The third-order valence-electron chi connectivity index (χ3n) is 8.01. The third-order valence-corrected chi connectivity index (χ3v) is 9.17. The van der Waals surface area contributed by atoms with Crippen molar-refractivity contribution in [3.63, 3.8) is 0 Å². The van der Waals surface area contributed by atoms with E-state index in [-0.39, 0.29) is 29.2 Å². The molecule has 5 rings (SSSR count). The first-order chi connectivity index (χ1) is 16.5. The molecule has 1 saturated carbocycles. The minimum Gasteiger partial charge on any atom is -0.508 e. The van der Waals surface area contributed by atoms with Gasteiger partial charge in [0.25, 0.3) is 5.91 Å². The smallest absolute Gasteiger partial charge is 0.255 e. The van der Waals surface area contributed by atoms with Crippen molar-refractivity contribution in [2.24, 2.45) is 17.6 Å². The van der Waals surface area contributed by atoms with E-state index in [4.69, 9.17) is 5.73 Å². The van der Waals surface area contributed by atoms with Crippen molar-refractivity contribution in [2.45, 2.75) is 36.8 Å². The molecule has 1 aliphatic heterocycles. The highest BCUT2D eigenvalue weighted by atomic mass is 32.2. The molecule has 3 aliphatic carbocycles. The highest BCUT2D eigenvalue weighted by Crippen LogP contribution is 2.53. The summed E-state index contributed by atoms with van der Waals surface area (Å²) in [6.45, 7) is 0. The first-order valence-corrected chi connectivity index (χ1v) is 12.7. The van der Waals surface area contributed by atoms with Crippen LogP contribution in [0, 0.1) is 11.8 Å². The molecule has 1 amide bonds. The van der Waals surface area contributed by atoms with E-state index in [0.29, 0.717) is 6.42 Å². The fourth-order valence-corrected chi connectivity index (χ4v) is 7.68. The molecule has 9 nitrogen and oxygen atoms in total. The Morgan fingerprint density at radius 2 is 1.89 bits per heavy atom. The van der Waals surface area contributed by atoms with Crippen LogP contribution < -0.4 is 5.73 Å². The first kappa shape index (κ1) is 23.9. The average molecular weight is 501 g/mol. The van der Waals surface area contributed by atoms with Crippen molar-refractivity contribution in [2.75, 3.05) is 25.6 Å². The molecular weight excluding hydrogens is 472 g/mol. The molecular formula is C25H28N2O7S. The molecule has 0 radical (unpaired) electrons. The van der Waals surface area contributed by atoms with Crippen LogP contribution in [0.4, 0.5) is 0 Å². The van der Waals surface area contributed by atoms with E-state index in [2.05, 4.69) is 0 Å². The van der Waals surface area contributed by atoms with Crippen molar-refractivity contribution < 1.29 is 34.8 Å². The normalized spacial score (nSPS) is 32.6. The predicted octanol–water partition coefficient (Wildman–Crippen LogP) is 1.18. The van der Waals surface area contributed by atoms with E-state index >= 15 is 0 Å². The Balaban J connectivity index is 1.72. The largest absolute Gasteiger partial charge is 0.508 e. The summed E-state index contributed by atoms with van der Waals surface area (Å²) in [7, 11) is 3.17.